The van der Waals surface area contributed by atoms with Gasteiger partial charge in [-0.05, 0) is 24.6 Å². The maximum Gasteiger partial charge on any atom is 0.251 e. The third kappa shape index (κ3) is 3.15. The van der Waals surface area contributed by atoms with E-state index >= 15 is 0 Å². The molecule has 1 heterocycles. The average Bonchev–Trinajstić information content (AvgIpc) is 2.43. The Morgan fingerprint density at radius 1 is 1.70 bits per heavy atom. The van der Waals surface area contributed by atoms with E-state index in [1.165, 1.54) is 13.3 Å². The fourth-order valence-electron chi connectivity index (χ4n) is 1.77. The number of aromatic nitrogens is 2. The first-order valence-electron chi connectivity index (χ1n) is 5.75. The van der Waals surface area contributed by atoms with Crippen LogP contribution in [0.3, 0.4) is 0 Å². The molecule has 0 saturated heterocycles. The minimum absolute atomic E-state index is 0.0678. The highest BCUT2D eigenvalue weighted by Gasteiger charge is 2.41. The van der Waals surface area contributed by atoms with Crippen molar-refractivity contribution in [3.8, 4) is 12.3 Å². The zero-order chi connectivity index (χ0) is 15.3. The molecule has 0 bridgehead atoms. The van der Waals surface area contributed by atoms with E-state index in [4.69, 9.17) is 28.5 Å². The number of aliphatic hydroxyl groups is 3. The molecule has 2 unspecified atom stereocenters. The van der Waals surface area contributed by atoms with Crippen molar-refractivity contribution in [3.63, 3.8) is 0 Å². The van der Waals surface area contributed by atoms with Crippen molar-refractivity contribution < 1.29 is 20.1 Å². The summed E-state index contributed by atoms with van der Waals surface area (Å²) in [6.45, 7) is -0.257. The van der Waals surface area contributed by atoms with Gasteiger partial charge in [0.15, 0.2) is 4.77 Å². The van der Waals surface area contributed by atoms with Crippen molar-refractivity contribution >= 4 is 12.2 Å². The normalized spacial score (nSPS) is 16.9. The molecule has 0 aromatic carbocycles. The summed E-state index contributed by atoms with van der Waals surface area (Å²) in [6.07, 6.45) is 4.08. The molecule has 8 heteroatoms. The summed E-state index contributed by atoms with van der Waals surface area (Å²) in [5.41, 5.74) is -2.67. The van der Waals surface area contributed by atoms with Gasteiger partial charge in [0.1, 0.15) is 6.10 Å². The average molecular weight is 300 g/mol. The Balaban J connectivity index is 3.30. The highest BCUT2D eigenvalue weighted by atomic mass is 32.1. The number of rotatable bonds is 6. The molecule has 0 fully saturated rings. The van der Waals surface area contributed by atoms with Crippen molar-refractivity contribution in [2.45, 2.75) is 24.4 Å². The number of methoxy groups -OCH3 is 1. The van der Waals surface area contributed by atoms with Crippen LogP contribution in [0.4, 0.5) is 0 Å². The number of hydrogen-bond donors (Lipinski definition) is 4. The van der Waals surface area contributed by atoms with Crippen molar-refractivity contribution in [1.82, 2.24) is 9.55 Å². The maximum absolute atomic E-state index is 11.1. The fraction of sp³-hybridized carbons (Fsp3) is 0.500. The molecule has 0 amide bonds. The van der Waals surface area contributed by atoms with Gasteiger partial charge in [-0.25, -0.2) is 0 Å². The van der Waals surface area contributed by atoms with Crippen LogP contribution in [0.5, 0.6) is 0 Å². The second-order valence-electron chi connectivity index (χ2n) is 4.08. The molecular weight excluding hydrogens is 284 g/mol. The van der Waals surface area contributed by atoms with Gasteiger partial charge >= 0.3 is 0 Å². The van der Waals surface area contributed by atoms with Crippen LogP contribution in [0.15, 0.2) is 17.1 Å². The predicted molar refractivity (Wildman–Crippen MR) is 73.4 cm³/mol. The first kappa shape index (κ1) is 16.6. The second-order valence-corrected chi connectivity index (χ2v) is 4.47. The summed E-state index contributed by atoms with van der Waals surface area (Å²) in [5, 5.41) is 29.6. The third-order valence-electron chi connectivity index (χ3n) is 2.88. The molecule has 1 rings (SSSR count). The van der Waals surface area contributed by atoms with E-state index < -0.39 is 23.5 Å². The zero-order valence-corrected chi connectivity index (χ0v) is 11.6. The quantitative estimate of drug-likeness (QED) is 0.394. The molecule has 0 radical (unpaired) electrons. The molecule has 1 aromatic rings. The topological polar surface area (TPSA) is 108 Å². The molecule has 0 saturated carbocycles. The standard InChI is InChI=1S/C12H16N2O5S/c1-3-12(18,10(17)8(19-2)5-7-15)14-6-4-9(16)13-11(14)20/h1,4,6,8,10,15,17-18H,5,7H2,2H3,(H,13,16,20)/t8?,10-,12?/m0/s1. The molecule has 0 spiro atoms. The second kappa shape index (κ2) is 6.78. The Labute approximate surface area is 120 Å². The van der Waals surface area contributed by atoms with Crippen molar-refractivity contribution in [1.29, 1.82) is 0 Å². The lowest BCUT2D eigenvalue weighted by atomic mass is 9.99. The monoisotopic (exact) mass is 300 g/mol. The highest BCUT2D eigenvalue weighted by Crippen LogP contribution is 2.22. The smallest absolute Gasteiger partial charge is 0.251 e. The minimum Gasteiger partial charge on any atom is -0.396 e. The van der Waals surface area contributed by atoms with Gasteiger partial charge in [-0.3, -0.25) is 14.3 Å². The number of hydrogen-bond acceptors (Lipinski definition) is 6. The highest BCUT2D eigenvalue weighted by molar-refractivity contribution is 7.71. The number of nitrogens with one attached hydrogen (secondary N) is 1. The van der Waals surface area contributed by atoms with Gasteiger partial charge < -0.3 is 20.1 Å². The number of aromatic amines is 1. The molecule has 20 heavy (non-hydrogen) atoms. The Morgan fingerprint density at radius 3 is 2.80 bits per heavy atom. The van der Waals surface area contributed by atoms with Crippen LogP contribution in [0.25, 0.3) is 0 Å². The summed E-state index contributed by atoms with van der Waals surface area (Å²) in [7, 11) is 1.31. The molecule has 0 aliphatic rings. The van der Waals surface area contributed by atoms with E-state index in [0.29, 0.717) is 0 Å². The number of terminal acetylenes is 1. The van der Waals surface area contributed by atoms with Crippen LogP contribution in [0, 0.1) is 17.1 Å². The maximum atomic E-state index is 11.1. The molecule has 7 nitrogen and oxygen atoms in total. The molecule has 3 atom stereocenters. The summed E-state index contributed by atoms with van der Waals surface area (Å²) in [5.74, 6) is 2.05. The molecule has 0 aliphatic heterocycles. The molecule has 4 N–H and O–H groups in total. The van der Waals surface area contributed by atoms with E-state index in [1.54, 1.807) is 0 Å². The number of nitrogens with zero attached hydrogens (tertiary/aromatic N) is 1. The van der Waals surface area contributed by atoms with E-state index in [-0.39, 0.29) is 17.8 Å². The Hall–Kier alpha value is -1.50. The molecule has 110 valence electrons. The number of ether oxygens (including phenoxy) is 1. The van der Waals surface area contributed by atoms with Crippen molar-refractivity contribution in [2.75, 3.05) is 13.7 Å². The molecular formula is C12H16N2O5S. The fourth-order valence-corrected chi connectivity index (χ4v) is 2.07. The Morgan fingerprint density at radius 2 is 2.35 bits per heavy atom. The molecule has 1 aromatic heterocycles. The lowest BCUT2D eigenvalue weighted by Gasteiger charge is -2.34. The number of H-pyrrole nitrogens is 1. The first-order chi connectivity index (χ1) is 9.40. The van der Waals surface area contributed by atoms with E-state index in [1.807, 2.05) is 5.92 Å². The van der Waals surface area contributed by atoms with Crippen LogP contribution in [0.1, 0.15) is 6.42 Å². The first-order valence-corrected chi connectivity index (χ1v) is 6.15. The van der Waals surface area contributed by atoms with Crippen LogP contribution < -0.4 is 5.56 Å². The summed E-state index contributed by atoms with van der Waals surface area (Å²) < 4.78 is 5.84. The van der Waals surface area contributed by atoms with Gasteiger partial charge in [0.25, 0.3) is 5.56 Å². The molecule has 0 aliphatic carbocycles. The van der Waals surface area contributed by atoms with Gasteiger partial charge in [0.2, 0.25) is 5.72 Å². The minimum atomic E-state index is -2.21. The number of aliphatic hydroxyl groups excluding tert-OH is 2. The van der Waals surface area contributed by atoms with Gasteiger partial charge in [0, 0.05) is 26.0 Å². The van der Waals surface area contributed by atoms with Crippen LogP contribution in [-0.4, -0.2) is 50.8 Å². The lowest BCUT2D eigenvalue weighted by molar-refractivity contribution is -0.149. The van der Waals surface area contributed by atoms with Crippen LogP contribution >= 0.6 is 12.2 Å². The van der Waals surface area contributed by atoms with Gasteiger partial charge in [-0.15, -0.1) is 6.42 Å². The van der Waals surface area contributed by atoms with E-state index in [9.17, 15) is 15.0 Å². The lowest BCUT2D eigenvalue weighted by Crippen LogP contribution is -2.51. The SMILES string of the molecule is C#CC(O)([C@@H](O)C(CCO)OC)n1ccc(=O)[nH]c1=S. The van der Waals surface area contributed by atoms with Gasteiger partial charge in [0.05, 0.1) is 6.10 Å². The van der Waals surface area contributed by atoms with Crippen molar-refractivity contribution in [3.05, 3.63) is 27.4 Å². The van der Waals surface area contributed by atoms with Crippen LogP contribution in [-0.2, 0) is 10.5 Å². The van der Waals surface area contributed by atoms with Crippen LogP contribution in [0.2, 0.25) is 0 Å². The van der Waals surface area contributed by atoms with Gasteiger partial charge in [-0.2, -0.15) is 0 Å². The van der Waals surface area contributed by atoms with E-state index in [0.717, 1.165) is 10.6 Å². The summed E-state index contributed by atoms with van der Waals surface area (Å²) >= 11 is 4.91. The largest absolute Gasteiger partial charge is 0.396 e. The Kier molecular flexibility index (Phi) is 5.62. The van der Waals surface area contributed by atoms with Gasteiger partial charge in [-0.1, -0.05) is 0 Å². The zero-order valence-electron chi connectivity index (χ0n) is 10.8. The predicted octanol–water partition coefficient (Wildman–Crippen LogP) is -1.06. The van der Waals surface area contributed by atoms with E-state index in [2.05, 4.69) is 4.98 Å². The third-order valence-corrected chi connectivity index (χ3v) is 3.18. The van der Waals surface area contributed by atoms with Crippen molar-refractivity contribution in [2.24, 2.45) is 0 Å². The Bertz CT molecular complexity index is 605. The summed E-state index contributed by atoms with van der Waals surface area (Å²) in [6, 6.07) is 1.11. The summed E-state index contributed by atoms with van der Waals surface area (Å²) in [4.78, 5) is 13.4.